The standard InChI is InChI=1S/C12H22N4O3/c1-12(2,3)4-5-13-7-11(17)9-15-8-10(6-14-15)16(18)19/h6,8,11,13,17H,4-5,7,9H2,1-3H3. The van der Waals surface area contributed by atoms with Crippen LogP contribution in [0.3, 0.4) is 0 Å². The lowest BCUT2D eigenvalue weighted by Gasteiger charge is -2.19. The van der Waals surface area contributed by atoms with Gasteiger partial charge in [-0.3, -0.25) is 14.8 Å². The highest BCUT2D eigenvalue weighted by atomic mass is 16.6. The molecule has 1 atom stereocenters. The Hall–Kier alpha value is -1.47. The zero-order valence-corrected chi connectivity index (χ0v) is 11.7. The van der Waals surface area contributed by atoms with Crippen LogP contribution in [-0.2, 0) is 6.54 Å². The zero-order valence-electron chi connectivity index (χ0n) is 11.7. The monoisotopic (exact) mass is 270 g/mol. The number of hydrogen-bond donors (Lipinski definition) is 2. The SMILES string of the molecule is CC(C)(C)CCNCC(O)Cn1cc([N+](=O)[O-])cn1. The van der Waals surface area contributed by atoms with Crippen LogP contribution in [0.4, 0.5) is 5.69 Å². The Bertz CT molecular complexity index is 411. The molecule has 1 aromatic rings. The topological polar surface area (TPSA) is 93.2 Å². The van der Waals surface area contributed by atoms with Gasteiger partial charge < -0.3 is 10.4 Å². The van der Waals surface area contributed by atoms with E-state index in [2.05, 4.69) is 31.2 Å². The van der Waals surface area contributed by atoms with E-state index in [1.807, 2.05) is 0 Å². The van der Waals surface area contributed by atoms with E-state index in [1.165, 1.54) is 17.1 Å². The molecule has 1 rings (SSSR count). The molecule has 1 unspecified atom stereocenters. The molecule has 108 valence electrons. The summed E-state index contributed by atoms with van der Waals surface area (Å²) in [6.45, 7) is 8.01. The van der Waals surface area contributed by atoms with Crippen LogP contribution in [0.15, 0.2) is 12.4 Å². The van der Waals surface area contributed by atoms with Gasteiger partial charge >= 0.3 is 5.69 Å². The average molecular weight is 270 g/mol. The molecule has 1 aromatic heterocycles. The summed E-state index contributed by atoms with van der Waals surface area (Å²) in [5, 5.41) is 27.3. The van der Waals surface area contributed by atoms with Crippen molar-refractivity contribution >= 4 is 5.69 Å². The van der Waals surface area contributed by atoms with Gasteiger partial charge in [-0.15, -0.1) is 0 Å². The van der Waals surface area contributed by atoms with Crippen molar-refractivity contribution in [3.8, 4) is 0 Å². The molecule has 0 bridgehead atoms. The summed E-state index contributed by atoms with van der Waals surface area (Å²) >= 11 is 0. The number of aromatic nitrogens is 2. The molecule has 0 saturated heterocycles. The normalized spacial score (nSPS) is 13.5. The third-order valence-corrected chi connectivity index (χ3v) is 2.66. The van der Waals surface area contributed by atoms with E-state index >= 15 is 0 Å². The molecule has 7 nitrogen and oxygen atoms in total. The van der Waals surface area contributed by atoms with Crippen molar-refractivity contribution in [1.82, 2.24) is 15.1 Å². The number of aliphatic hydroxyl groups is 1. The maximum Gasteiger partial charge on any atom is 0.306 e. The predicted octanol–water partition coefficient (Wildman–Crippen LogP) is 1.18. The average Bonchev–Trinajstić information content (AvgIpc) is 2.71. The highest BCUT2D eigenvalue weighted by molar-refractivity contribution is 5.20. The molecule has 0 amide bonds. The van der Waals surface area contributed by atoms with E-state index in [0.717, 1.165) is 13.0 Å². The Morgan fingerprint density at radius 1 is 1.58 bits per heavy atom. The maximum absolute atomic E-state index is 10.5. The molecule has 0 fully saturated rings. The molecule has 0 saturated carbocycles. The highest BCUT2D eigenvalue weighted by Crippen LogP contribution is 2.16. The number of nitro groups is 1. The van der Waals surface area contributed by atoms with Gasteiger partial charge in [-0.25, -0.2) is 0 Å². The summed E-state index contributed by atoms with van der Waals surface area (Å²) in [6.07, 6.45) is 2.91. The molecule has 1 heterocycles. The summed E-state index contributed by atoms with van der Waals surface area (Å²) in [4.78, 5) is 9.98. The lowest BCUT2D eigenvalue weighted by molar-refractivity contribution is -0.385. The highest BCUT2D eigenvalue weighted by Gasteiger charge is 2.12. The maximum atomic E-state index is 10.5. The first-order valence-electron chi connectivity index (χ1n) is 6.33. The Balaban J connectivity index is 2.27. The number of nitrogens with zero attached hydrogens (tertiary/aromatic N) is 3. The van der Waals surface area contributed by atoms with Crippen molar-refractivity contribution in [2.45, 2.75) is 39.8 Å². The van der Waals surface area contributed by atoms with Crippen LogP contribution < -0.4 is 5.32 Å². The second-order valence-corrected chi connectivity index (χ2v) is 5.85. The van der Waals surface area contributed by atoms with Crippen LogP contribution in [0.25, 0.3) is 0 Å². The molecule has 19 heavy (non-hydrogen) atoms. The van der Waals surface area contributed by atoms with Crippen molar-refractivity contribution in [3.05, 3.63) is 22.5 Å². The van der Waals surface area contributed by atoms with Gasteiger partial charge in [0.25, 0.3) is 0 Å². The lowest BCUT2D eigenvalue weighted by atomic mass is 9.92. The molecule has 0 spiro atoms. The first-order chi connectivity index (χ1) is 8.78. The number of rotatable bonds is 7. The van der Waals surface area contributed by atoms with E-state index in [1.54, 1.807) is 0 Å². The number of nitrogens with one attached hydrogen (secondary N) is 1. The summed E-state index contributed by atoms with van der Waals surface area (Å²) < 4.78 is 1.38. The van der Waals surface area contributed by atoms with Crippen molar-refractivity contribution in [2.75, 3.05) is 13.1 Å². The van der Waals surface area contributed by atoms with Gasteiger partial charge in [0.05, 0.1) is 17.6 Å². The van der Waals surface area contributed by atoms with Gasteiger partial charge in [0, 0.05) is 6.54 Å². The quantitative estimate of drug-likeness (QED) is 0.441. The molecule has 2 N–H and O–H groups in total. The van der Waals surface area contributed by atoms with Crippen molar-refractivity contribution in [1.29, 1.82) is 0 Å². The second kappa shape index (κ2) is 6.63. The Labute approximate surface area is 112 Å². The minimum absolute atomic E-state index is 0.0621. The third kappa shape index (κ3) is 6.30. The molecule has 0 radical (unpaired) electrons. The van der Waals surface area contributed by atoms with Gasteiger partial charge in [-0.1, -0.05) is 20.8 Å². The molecule has 0 aliphatic rings. The Kier molecular flexibility index (Phi) is 5.44. The number of aliphatic hydroxyl groups excluding tert-OH is 1. The van der Waals surface area contributed by atoms with Crippen LogP contribution in [0.2, 0.25) is 0 Å². The van der Waals surface area contributed by atoms with Gasteiger partial charge in [0.15, 0.2) is 0 Å². The summed E-state index contributed by atoms with van der Waals surface area (Å²) in [5.41, 5.74) is 0.202. The van der Waals surface area contributed by atoms with Crippen LogP contribution in [0.1, 0.15) is 27.2 Å². The Morgan fingerprint density at radius 3 is 2.79 bits per heavy atom. The number of hydrogen-bond acceptors (Lipinski definition) is 5. The minimum atomic E-state index is -0.612. The van der Waals surface area contributed by atoms with Crippen molar-refractivity contribution < 1.29 is 10.0 Å². The minimum Gasteiger partial charge on any atom is -0.390 e. The molecule has 0 aliphatic heterocycles. The van der Waals surface area contributed by atoms with Gasteiger partial charge in [0.2, 0.25) is 0 Å². The van der Waals surface area contributed by atoms with Gasteiger partial charge in [-0.2, -0.15) is 5.10 Å². The van der Waals surface area contributed by atoms with Crippen molar-refractivity contribution in [3.63, 3.8) is 0 Å². The predicted molar refractivity (Wildman–Crippen MR) is 71.8 cm³/mol. The molecular weight excluding hydrogens is 248 g/mol. The smallest absolute Gasteiger partial charge is 0.306 e. The van der Waals surface area contributed by atoms with Crippen molar-refractivity contribution in [2.24, 2.45) is 5.41 Å². The zero-order chi connectivity index (χ0) is 14.5. The first kappa shape index (κ1) is 15.6. The van der Waals surface area contributed by atoms with Gasteiger partial charge in [0.1, 0.15) is 12.4 Å². The van der Waals surface area contributed by atoms with E-state index in [9.17, 15) is 15.2 Å². The summed E-state index contributed by atoms with van der Waals surface area (Å²) in [7, 11) is 0. The van der Waals surface area contributed by atoms with E-state index in [-0.39, 0.29) is 17.6 Å². The molecule has 0 aromatic carbocycles. The van der Waals surface area contributed by atoms with Crippen LogP contribution >= 0.6 is 0 Å². The van der Waals surface area contributed by atoms with E-state index in [0.29, 0.717) is 6.54 Å². The largest absolute Gasteiger partial charge is 0.390 e. The van der Waals surface area contributed by atoms with Crippen LogP contribution in [0.5, 0.6) is 0 Å². The van der Waals surface area contributed by atoms with Gasteiger partial charge in [-0.05, 0) is 18.4 Å². The fourth-order valence-electron chi connectivity index (χ4n) is 1.56. The summed E-state index contributed by atoms with van der Waals surface area (Å²) in [6, 6.07) is 0. The Morgan fingerprint density at radius 2 is 2.26 bits per heavy atom. The summed E-state index contributed by atoms with van der Waals surface area (Å²) in [5.74, 6) is 0. The second-order valence-electron chi connectivity index (χ2n) is 5.85. The lowest BCUT2D eigenvalue weighted by Crippen LogP contribution is -2.32. The van der Waals surface area contributed by atoms with E-state index in [4.69, 9.17) is 0 Å². The van der Waals surface area contributed by atoms with Crippen LogP contribution in [-0.4, -0.2) is 39.0 Å². The molecule has 0 aliphatic carbocycles. The van der Waals surface area contributed by atoms with Crippen LogP contribution in [0, 0.1) is 15.5 Å². The fraction of sp³-hybridized carbons (Fsp3) is 0.750. The van der Waals surface area contributed by atoms with E-state index < -0.39 is 11.0 Å². The molecule has 7 heteroatoms. The first-order valence-corrected chi connectivity index (χ1v) is 6.33. The third-order valence-electron chi connectivity index (χ3n) is 2.66. The fourth-order valence-corrected chi connectivity index (χ4v) is 1.56. The molecular formula is C12H22N4O3.